The van der Waals surface area contributed by atoms with Crippen molar-refractivity contribution >= 4 is 5.65 Å². The number of benzene rings is 2. The van der Waals surface area contributed by atoms with E-state index >= 15 is 8.78 Å². The zero-order valence-corrected chi connectivity index (χ0v) is 19.8. The third-order valence-electron chi connectivity index (χ3n) is 5.57. The Morgan fingerprint density at radius 1 is 0.725 bits per heavy atom. The van der Waals surface area contributed by atoms with Crippen molar-refractivity contribution in [2.75, 3.05) is 0 Å². The molecule has 40 heavy (non-hydrogen) atoms. The van der Waals surface area contributed by atoms with E-state index in [1.54, 1.807) is 18.2 Å². The molecule has 0 amide bonds. The first-order valence-electron chi connectivity index (χ1n) is 11.2. The molecule has 0 unspecified atom stereocenters. The van der Waals surface area contributed by atoms with Crippen molar-refractivity contribution in [1.29, 1.82) is 0 Å². The van der Waals surface area contributed by atoms with Crippen LogP contribution >= 0.6 is 0 Å². The average molecular weight is 569 g/mol. The van der Waals surface area contributed by atoms with Crippen LogP contribution in [0.15, 0.2) is 79.1 Å². The second kappa shape index (κ2) is 9.89. The molecule has 5 aromatic rings. The van der Waals surface area contributed by atoms with Crippen molar-refractivity contribution < 1.29 is 44.6 Å². The van der Waals surface area contributed by atoms with Gasteiger partial charge in [0, 0.05) is 18.0 Å². The van der Waals surface area contributed by atoms with E-state index in [1.165, 1.54) is 42.6 Å². The van der Waals surface area contributed by atoms with Gasteiger partial charge in [-0.25, -0.2) is 4.68 Å². The Kier molecular flexibility index (Phi) is 6.69. The lowest BCUT2D eigenvalue weighted by Crippen LogP contribution is -2.22. The molecule has 0 aliphatic rings. The third-order valence-corrected chi connectivity index (χ3v) is 5.57. The van der Waals surface area contributed by atoms with Crippen LogP contribution in [-0.2, 0) is 23.6 Å². The summed E-state index contributed by atoms with van der Waals surface area (Å²) >= 11 is 0. The molecule has 0 fully saturated rings. The minimum atomic E-state index is -4.94. The Hall–Kier alpha value is -4.53. The van der Waals surface area contributed by atoms with Crippen molar-refractivity contribution in [3.05, 3.63) is 96.2 Å². The molecular weight excluding hydrogens is 554 g/mol. The summed E-state index contributed by atoms with van der Waals surface area (Å²) in [5, 5.41) is 10.6. The van der Waals surface area contributed by atoms with E-state index in [0.29, 0.717) is 11.1 Å². The number of nitrogens with zero attached hydrogens (tertiary/aromatic N) is 5. The van der Waals surface area contributed by atoms with Gasteiger partial charge in [0.05, 0.1) is 12.3 Å². The summed E-state index contributed by atoms with van der Waals surface area (Å²) in [6.45, 7) is -1.16. The van der Waals surface area contributed by atoms with E-state index in [1.807, 2.05) is 0 Å². The van der Waals surface area contributed by atoms with Gasteiger partial charge in [-0.2, -0.15) is 27.1 Å². The van der Waals surface area contributed by atoms with Crippen molar-refractivity contribution in [2.45, 2.75) is 25.3 Å². The molecule has 2 aromatic carbocycles. The Morgan fingerprint density at radius 3 is 2.05 bits per heavy atom. The number of halogens is 8. The van der Waals surface area contributed by atoms with Gasteiger partial charge in [0.1, 0.15) is 5.75 Å². The zero-order chi connectivity index (χ0) is 28.7. The number of fused-ring (bicyclic) bond motifs is 1. The maximum Gasteiger partial charge on any atom is 0.573 e. The fourth-order valence-electron chi connectivity index (χ4n) is 3.81. The van der Waals surface area contributed by atoms with Crippen molar-refractivity contribution in [2.24, 2.45) is 0 Å². The number of pyridine rings is 1. The van der Waals surface area contributed by atoms with Gasteiger partial charge in [-0.05, 0) is 47.5 Å². The monoisotopic (exact) mass is 569 g/mol. The van der Waals surface area contributed by atoms with E-state index in [-0.39, 0.29) is 11.3 Å². The van der Waals surface area contributed by atoms with Crippen LogP contribution in [0.2, 0.25) is 0 Å². The Morgan fingerprint density at radius 2 is 1.40 bits per heavy atom. The van der Waals surface area contributed by atoms with Crippen molar-refractivity contribution in [3.8, 4) is 22.6 Å². The number of rotatable bonds is 7. The van der Waals surface area contributed by atoms with Crippen LogP contribution in [0.3, 0.4) is 0 Å². The summed E-state index contributed by atoms with van der Waals surface area (Å²) in [4.78, 5) is 0. The molecule has 0 spiro atoms. The molecule has 0 aliphatic heterocycles. The number of para-hydroxylation sites is 1. The molecular formula is C25H15F8N5O2. The second-order valence-corrected chi connectivity index (χ2v) is 8.33. The average Bonchev–Trinajstić information content (AvgIpc) is 3.52. The molecule has 0 atom stereocenters. The molecule has 0 radical (unpaired) electrons. The van der Waals surface area contributed by atoms with Gasteiger partial charge >= 0.3 is 18.6 Å². The van der Waals surface area contributed by atoms with Crippen molar-refractivity contribution in [1.82, 2.24) is 24.4 Å². The predicted molar refractivity (Wildman–Crippen MR) is 122 cm³/mol. The Balaban J connectivity index is 1.41. The molecule has 3 heterocycles. The Bertz CT molecular complexity index is 1630. The minimum Gasteiger partial charge on any atom is -0.406 e. The second-order valence-electron chi connectivity index (χ2n) is 8.33. The van der Waals surface area contributed by atoms with Crippen LogP contribution in [0, 0.1) is 0 Å². The topological polar surface area (TPSA) is 66.5 Å². The highest BCUT2D eigenvalue weighted by molar-refractivity contribution is 5.65. The summed E-state index contributed by atoms with van der Waals surface area (Å²) in [7, 11) is 0. The fourth-order valence-corrected chi connectivity index (χ4v) is 3.81. The summed E-state index contributed by atoms with van der Waals surface area (Å²) < 4.78 is 118. The van der Waals surface area contributed by atoms with E-state index in [9.17, 15) is 26.3 Å². The first-order chi connectivity index (χ1) is 18.8. The molecule has 5 rings (SSSR count). The largest absolute Gasteiger partial charge is 0.573 e. The Labute approximate surface area is 219 Å². The van der Waals surface area contributed by atoms with Gasteiger partial charge in [-0.1, -0.05) is 30.3 Å². The van der Waals surface area contributed by atoms with E-state index in [0.717, 1.165) is 27.4 Å². The molecule has 0 N–H and O–H groups in total. The van der Waals surface area contributed by atoms with Gasteiger partial charge < -0.3 is 9.47 Å². The maximum absolute atomic E-state index is 15.1. The zero-order valence-electron chi connectivity index (χ0n) is 19.8. The first-order valence-corrected chi connectivity index (χ1v) is 11.2. The summed E-state index contributed by atoms with van der Waals surface area (Å²) in [6.07, 6.45) is -11.9. The van der Waals surface area contributed by atoms with Crippen LogP contribution in [-0.4, -0.2) is 30.7 Å². The van der Waals surface area contributed by atoms with Gasteiger partial charge in [0.15, 0.2) is 11.3 Å². The smallest absolute Gasteiger partial charge is 0.406 e. The highest BCUT2D eigenvalue weighted by Gasteiger charge is 2.42. The molecule has 15 heteroatoms. The summed E-state index contributed by atoms with van der Waals surface area (Å²) in [5.41, 5.74) is -1.13. The maximum atomic E-state index is 15.1. The number of alkyl halides is 8. The molecule has 0 bridgehead atoms. The van der Waals surface area contributed by atoms with Gasteiger partial charge in [-0.3, -0.25) is 4.40 Å². The van der Waals surface area contributed by atoms with Crippen LogP contribution in [0.1, 0.15) is 17.1 Å². The molecule has 208 valence electrons. The standard InChI is InChI=1S/C25H15F8N5O2/c26-23(27,28)21-17(13-38(36-21)18-4-2-1-3-5-18)14-39-24(29,30)22-35-34-20-11-8-16(12-37(20)22)15-6-9-19(10-7-15)40-25(31,32)33/h1-13H,14H2. The van der Waals surface area contributed by atoms with Gasteiger partial charge in [-0.15, -0.1) is 23.4 Å². The number of hydrogen-bond donors (Lipinski definition) is 0. The highest BCUT2D eigenvalue weighted by Crippen LogP contribution is 2.35. The molecule has 0 saturated carbocycles. The highest BCUT2D eigenvalue weighted by atomic mass is 19.4. The minimum absolute atomic E-state index is 0.0353. The summed E-state index contributed by atoms with van der Waals surface area (Å²) in [5.74, 6) is -1.50. The normalized spacial score (nSPS) is 12.7. The molecule has 3 aromatic heterocycles. The fraction of sp³-hybridized carbons (Fsp3) is 0.160. The molecule has 7 nitrogen and oxygen atoms in total. The van der Waals surface area contributed by atoms with Gasteiger partial charge in [0.2, 0.25) is 5.82 Å². The van der Waals surface area contributed by atoms with E-state index in [2.05, 4.69) is 24.8 Å². The predicted octanol–water partition coefficient (Wildman–Crippen LogP) is 6.77. The third kappa shape index (κ3) is 5.73. The van der Waals surface area contributed by atoms with Crippen LogP contribution in [0.5, 0.6) is 5.75 Å². The number of aromatic nitrogens is 5. The van der Waals surface area contributed by atoms with E-state index < -0.39 is 48.1 Å². The number of hydrogen-bond acceptors (Lipinski definition) is 5. The molecule has 0 aliphatic carbocycles. The van der Waals surface area contributed by atoms with Gasteiger partial charge in [0.25, 0.3) is 0 Å². The van der Waals surface area contributed by atoms with Crippen LogP contribution < -0.4 is 4.74 Å². The van der Waals surface area contributed by atoms with Crippen LogP contribution in [0.4, 0.5) is 35.1 Å². The first kappa shape index (κ1) is 27.1. The SMILES string of the molecule is FC(F)(F)Oc1ccc(-c2ccc3nnc(C(F)(F)OCc4cn(-c5ccccc5)nc4C(F)(F)F)n3c2)cc1. The van der Waals surface area contributed by atoms with Crippen molar-refractivity contribution in [3.63, 3.8) is 0 Å². The quantitative estimate of drug-likeness (QED) is 0.203. The summed E-state index contributed by atoms with van der Waals surface area (Å²) in [6, 6.07) is 15.2. The lowest BCUT2D eigenvalue weighted by Gasteiger charge is -2.16. The van der Waals surface area contributed by atoms with Crippen LogP contribution in [0.25, 0.3) is 22.5 Å². The molecule has 0 saturated heterocycles. The van der Waals surface area contributed by atoms with E-state index in [4.69, 9.17) is 0 Å². The lowest BCUT2D eigenvalue weighted by atomic mass is 10.1. The number of ether oxygens (including phenoxy) is 2. The lowest BCUT2D eigenvalue weighted by molar-refractivity contribution is -0.274.